The molecule has 1 N–H and O–H groups in total. The lowest BCUT2D eigenvalue weighted by atomic mass is 10.1. The number of nitrogens with zero attached hydrogens (tertiary/aromatic N) is 3. The Hall–Kier alpha value is -2.47. The second-order valence-electron chi connectivity index (χ2n) is 5.34. The quantitative estimate of drug-likeness (QED) is 0.937. The molecule has 1 aliphatic heterocycles. The minimum absolute atomic E-state index is 0.195. The molecule has 6 heteroatoms. The largest absolute Gasteiger partial charge is 0.378 e. The van der Waals surface area contributed by atoms with Crippen molar-refractivity contribution in [2.24, 2.45) is 0 Å². The normalized spacial score (nSPS) is 14.6. The standard InChI is InChI=1S/C17H20N4O2/c1-2-13-5-3-4-6-15(13)20-16(22)14-11-18-17(19-12-14)21-7-9-23-10-8-21/h3-6,11-12H,2,7-10H2,1H3,(H,20,22). The highest BCUT2D eigenvalue weighted by molar-refractivity contribution is 6.04. The molecular weight excluding hydrogens is 292 g/mol. The SMILES string of the molecule is CCc1ccccc1NC(=O)c1cnc(N2CCOCC2)nc1. The van der Waals surface area contributed by atoms with Crippen LogP contribution in [-0.2, 0) is 11.2 Å². The second kappa shape index (κ2) is 7.19. The van der Waals surface area contributed by atoms with E-state index in [0.717, 1.165) is 30.8 Å². The van der Waals surface area contributed by atoms with Crippen molar-refractivity contribution < 1.29 is 9.53 Å². The van der Waals surface area contributed by atoms with Crippen molar-refractivity contribution in [2.45, 2.75) is 13.3 Å². The van der Waals surface area contributed by atoms with E-state index < -0.39 is 0 Å². The van der Waals surface area contributed by atoms with E-state index in [4.69, 9.17) is 4.74 Å². The first-order valence-electron chi connectivity index (χ1n) is 7.82. The number of aryl methyl sites for hydroxylation is 1. The van der Waals surface area contributed by atoms with Gasteiger partial charge < -0.3 is 15.0 Å². The van der Waals surface area contributed by atoms with E-state index >= 15 is 0 Å². The molecule has 0 atom stereocenters. The van der Waals surface area contributed by atoms with Crippen LogP contribution < -0.4 is 10.2 Å². The number of benzene rings is 1. The number of ether oxygens (including phenoxy) is 1. The zero-order valence-electron chi connectivity index (χ0n) is 13.2. The van der Waals surface area contributed by atoms with E-state index in [-0.39, 0.29) is 5.91 Å². The first kappa shape index (κ1) is 15.4. The Balaban J connectivity index is 1.70. The van der Waals surface area contributed by atoms with Crippen LogP contribution in [0, 0.1) is 0 Å². The van der Waals surface area contributed by atoms with Gasteiger partial charge in [0.15, 0.2) is 0 Å². The van der Waals surface area contributed by atoms with Crippen LogP contribution in [0.2, 0.25) is 0 Å². The van der Waals surface area contributed by atoms with E-state index in [2.05, 4.69) is 27.1 Å². The topological polar surface area (TPSA) is 67.4 Å². The molecule has 0 bridgehead atoms. The van der Waals surface area contributed by atoms with Gasteiger partial charge in [-0.2, -0.15) is 0 Å². The molecule has 1 aliphatic rings. The number of morpholine rings is 1. The van der Waals surface area contributed by atoms with E-state index in [1.165, 1.54) is 0 Å². The molecule has 3 rings (SSSR count). The van der Waals surface area contributed by atoms with Gasteiger partial charge in [0.25, 0.3) is 5.91 Å². The van der Waals surface area contributed by atoms with Gasteiger partial charge in [-0.1, -0.05) is 25.1 Å². The van der Waals surface area contributed by atoms with Crippen LogP contribution in [0.4, 0.5) is 11.6 Å². The molecular formula is C17H20N4O2. The summed E-state index contributed by atoms with van der Waals surface area (Å²) < 4.78 is 5.31. The van der Waals surface area contributed by atoms with Crippen LogP contribution >= 0.6 is 0 Å². The zero-order chi connectivity index (χ0) is 16.1. The lowest BCUT2D eigenvalue weighted by molar-refractivity contribution is 0.102. The number of para-hydroxylation sites is 1. The molecule has 6 nitrogen and oxygen atoms in total. The van der Waals surface area contributed by atoms with Gasteiger partial charge >= 0.3 is 0 Å². The van der Waals surface area contributed by atoms with Gasteiger partial charge in [0.1, 0.15) is 0 Å². The third kappa shape index (κ3) is 3.65. The fraction of sp³-hybridized carbons (Fsp3) is 0.353. The van der Waals surface area contributed by atoms with Gasteiger partial charge in [0.05, 0.1) is 18.8 Å². The Morgan fingerprint density at radius 1 is 1.22 bits per heavy atom. The zero-order valence-corrected chi connectivity index (χ0v) is 13.2. The van der Waals surface area contributed by atoms with Crippen molar-refractivity contribution in [1.29, 1.82) is 0 Å². The number of carbonyl (C=O) groups excluding carboxylic acids is 1. The summed E-state index contributed by atoms with van der Waals surface area (Å²) in [5.41, 5.74) is 2.39. The molecule has 1 amide bonds. The molecule has 0 unspecified atom stereocenters. The average Bonchev–Trinajstić information content (AvgIpc) is 2.63. The number of hydrogen-bond donors (Lipinski definition) is 1. The minimum Gasteiger partial charge on any atom is -0.378 e. The highest BCUT2D eigenvalue weighted by atomic mass is 16.5. The van der Waals surface area contributed by atoms with Crippen molar-refractivity contribution in [3.05, 3.63) is 47.8 Å². The Bertz CT molecular complexity index is 667. The number of aromatic nitrogens is 2. The number of amides is 1. The van der Waals surface area contributed by atoms with Crippen LogP contribution in [0.5, 0.6) is 0 Å². The molecule has 2 heterocycles. The lowest BCUT2D eigenvalue weighted by Gasteiger charge is -2.26. The maximum atomic E-state index is 12.3. The van der Waals surface area contributed by atoms with Crippen LogP contribution in [0.25, 0.3) is 0 Å². The summed E-state index contributed by atoms with van der Waals surface area (Å²) in [6.07, 6.45) is 4.01. The molecule has 0 radical (unpaired) electrons. The fourth-order valence-corrected chi connectivity index (χ4v) is 2.51. The smallest absolute Gasteiger partial charge is 0.258 e. The van der Waals surface area contributed by atoms with Crippen molar-refractivity contribution in [3.63, 3.8) is 0 Å². The monoisotopic (exact) mass is 312 g/mol. The number of hydrogen-bond acceptors (Lipinski definition) is 5. The maximum absolute atomic E-state index is 12.3. The molecule has 1 aromatic heterocycles. The summed E-state index contributed by atoms with van der Waals surface area (Å²) in [7, 11) is 0. The average molecular weight is 312 g/mol. The number of carbonyl (C=O) groups is 1. The van der Waals surface area contributed by atoms with E-state index in [1.807, 2.05) is 24.3 Å². The Morgan fingerprint density at radius 3 is 2.61 bits per heavy atom. The first-order chi connectivity index (χ1) is 11.3. The lowest BCUT2D eigenvalue weighted by Crippen LogP contribution is -2.37. The van der Waals surface area contributed by atoms with Crippen molar-refractivity contribution in [2.75, 3.05) is 36.5 Å². The minimum atomic E-state index is -0.195. The first-order valence-corrected chi connectivity index (χ1v) is 7.82. The van der Waals surface area contributed by atoms with Crippen molar-refractivity contribution in [3.8, 4) is 0 Å². The molecule has 23 heavy (non-hydrogen) atoms. The Labute approximate surface area is 135 Å². The number of anilines is 2. The fourth-order valence-electron chi connectivity index (χ4n) is 2.51. The third-order valence-corrected chi connectivity index (χ3v) is 3.84. The van der Waals surface area contributed by atoms with Crippen molar-refractivity contribution >= 4 is 17.5 Å². The van der Waals surface area contributed by atoms with Crippen LogP contribution in [-0.4, -0.2) is 42.2 Å². The van der Waals surface area contributed by atoms with Gasteiger partial charge in [-0.15, -0.1) is 0 Å². The maximum Gasteiger partial charge on any atom is 0.258 e. The Morgan fingerprint density at radius 2 is 1.91 bits per heavy atom. The van der Waals surface area contributed by atoms with Crippen LogP contribution in [0.3, 0.4) is 0 Å². The summed E-state index contributed by atoms with van der Waals surface area (Å²) in [4.78, 5) is 23.0. The molecule has 0 saturated carbocycles. The number of nitrogens with one attached hydrogen (secondary N) is 1. The molecule has 0 spiro atoms. The van der Waals surface area contributed by atoms with Crippen LogP contribution in [0.15, 0.2) is 36.7 Å². The van der Waals surface area contributed by atoms with E-state index in [0.29, 0.717) is 24.7 Å². The summed E-state index contributed by atoms with van der Waals surface area (Å²) in [6.45, 7) is 4.97. The summed E-state index contributed by atoms with van der Waals surface area (Å²) >= 11 is 0. The van der Waals surface area contributed by atoms with Crippen molar-refractivity contribution in [1.82, 2.24) is 9.97 Å². The third-order valence-electron chi connectivity index (χ3n) is 3.84. The highest BCUT2D eigenvalue weighted by Crippen LogP contribution is 2.17. The van der Waals surface area contributed by atoms with Gasteiger partial charge in [0.2, 0.25) is 5.95 Å². The molecule has 120 valence electrons. The van der Waals surface area contributed by atoms with E-state index in [1.54, 1.807) is 12.4 Å². The molecule has 2 aromatic rings. The van der Waals surface area contributed by atoms with Gasteiger partial charge in [-0.05, 0) is 18.1 Å². The Kier molecular flexibility index (Phi) is 4.83. The van der Waals surface area contributed by atoms with Crippen LogP contribution in [0.1, 0.15) is 22.8 Å². The predicted octanol–water partition coefficient (Wildman–Crippen LogP) is 2.13. The molecule has 1 aromatic carbocycles. The van der Waals surface area contributed by atoms with Gasteiger partial charge in [-0.25, -0.2) is 9.97 Å². The summed E-state index contributed by atoms with van der Waals surface area (Å²) in [6, 6.07) is 7.79. The highest BCUT2D eigenvalue weighted by Gasteiger charge is 2.15. The summed E-state index contributed by atoms with van der Waals surface area (Å²) in [5.74, 6) is 0.443. The second-order valence-corrected chi connectivity index (χ2v) is 5.34. The van der Waals surface area contributed by atoms with Gasteiger partial charge in [0, 0.05) is 31.2 Å². The van der Waals surface area contributed by atoms with E-state index in [9.17, 15) is 4.79 Å². The molecule has 1 saturated heterocycles. The predicted molar refractivity (Wildman–Crippen MR) is 88.8 cm³/mol. The number of rotatable bonds is 4. The molecule has 0 aliphatic carbocycles. The van der Waals surface area contributed by atoms with Gasteiger partial charge in [-0.3, -0.25) is 4.79 Å². The molecule has 1 fully saturated rings. The summed E-state index contributed by atoms with van der Waals surface area (Å²) in [5, 5.41) is 2.92.